The Labute approximate surface area is 134 Å². The molecule has 0 saturated carbocycles. The molecular formula is C21H25N. The van der Waals surface area contributed by atoms with Crippen molar-refractivity contribution in [2.24, 2.45) is 0 Å². The summed E-state index contributed by atoms with van der Waals surface area (Å²) in [6.45, 7) is 8.66. The molecule has 0 aliphatic carbocycles. The molecule has 0 heterocycles. The van der Waals surface area contributed by atoms with Gasteiger partial charge in [-0.15, -0.1) is 0 Å². The molecule has 0 unspecified atom stereocenters. The summed E-state index contributed by atoms with van der Waals surface area (Å²) in [4.78, 5) is 2.40. The van der Waals surface area contributed by atoms with E-state index in [0.29, 0.717) is 0 Å². The van der Waals surface area contributed by atoms with Gasteiger partial charge in [0.1, 0.15) is 0 Å². The second kappa shape index (κ2) is 8.23. The normalized spacial score (nSPS) is 11.4. The van der Waals surface area contributed by atoms with E-state index in [9.17, 15) is 0 Å². The molecule has 0 spiro atoms. The summed E-state index contributed by atoms with van der Waals surface area (Å²) in [6.07, 6.45) is 8.47. The highest BCUT2D eigenvalue weighted by molar-refractivity contribution is 5.63. The Hall–Kier alpha value is -2.28. The van der Waals surface area contributed by atoms with Crippen LogP contribution in [0, 0.1) is 6.92 Å². The first-order valence-corrected chi connectivity index (χ1v) is 8.00. The molecule has 0 atom stereocenters. The average molecular weight is 291 g/mol. The van der Waals surface area contributed by atoms with Gasteiger partial charge < -0.3 is 4.90 Å². The van der Waals surface area contributed by atoms with E-state index in [4.69, 9.17) is 0 Å². The Morgan fingerprint density at radius 2 is 1.45 bits per heavy atom. The van der Waals surface area contributed by atoms with Crippen molar-refractivity contribution in [2.75, 3.05) is 18.0 Å². The summed E-state index contributed by atoms with van der Waals surface area (Å²) >= 11 is 0. The van der Waals surface area contributed by atoms with E-state index < -0.39 is 0 Å². The first-order chi connectivity index (χ1) is 10.7. The van der Waals surface area contributed by atoms with Gasteiger partial charge in [0, 0.05) is 18.8 Å². The molecule has 1 heteroatoms. The molecule has 22 heavy (non-hydrogen) atoms. The summed E-state index contributed by atoms with van der Waals surface area (Å²) in [5.74, 6) is 0. The summed E-state index contributed by atoms with van der Waals surface area (Å²) in [5.41, 5.74) is 5.13. The van der Waals surface area contributed by atoms with Crippen molar-refractivity contribution in [3.8, 4) is 0 Å². The molecule has 1 nitrogen and oxygen atoms in total. The molecule has 114 valence electrons. The predicted molar refractivity (Wildman–Crippen MR) is 99.3 cm³/mol. The molecule has 0 aliphatic rings. The van der Waals surface area contributed by atoms with Crippen molar-refractivity contribution < 1.29 is 0 Å². The van der Waals surface area contributed by atoms with Gasteiger partial charge in [0.15, 0.2) is 0 Å². The molecule has 0 aromatic heterocycles. The lowest BCUT2D eigenvalue weighted by molar-refractivity contribution is 0.861. The highest BCUT2D eigenvalue weighted by atomic mass is 15.1. The van der Waals surface area contributed by atoms with Crippen molar-refractivity contribution >= 4 is 17.8 Å². The molecule has 2 aromatic rings. The molecule has 2 rings (SSSR count). The van der Waals surface area contributed by atoms with Gasteiger partial charge >= 0.3 is 0 Å². The van der Waals surface area contributed by atoms with E-state index in [0.717, 1.165) is 13.1 Å². The van der Waals surface area contributed by atoms with E-state index in [-0.39, 0.29) is 0 Å². The summed E-state index contributed by atoms with van der Waals surface area (Å²) < 4.78 is 0. The molecule has 0 saturated heterocycles. The standard InChI is InChI=1S/C21H25N/c1-4-22(5-2)21-17-20(16-15-18(21)3)14-10-9-13-19-11-7-6-8-12-19/h6-17H,4-5H2,1-3H3/b13-9+,14-10+. The van der Waals surface area contributed by atoms with Crippen LogP contribution in [0.5, 0.6) is 0 Å². The minimum absolute atomic E-state index is 1.04. The van der Waals surface area contributed by atoms with Gasteiger partial charge in [0.25, 0.3) is 0 Å². The van der Waals surface area contributed by atoms with Crippen LogP contribution in [0.15, 0.2) is 60.7 Å². The van der Waals surface area contributed by atoms with Crippen molar-refractivity contribution in [1.82, 2.24) is 0 Å². The molecule has 0 radical (unpaired) electrons. The van der Waals surface area contributed by atoms with Gasteiger partial charge in [-0.25, -0.2) is 0 Å². The average Bonchev–Trinajstić information content (AvgIpc) is 2.56. The van der Waals surface area contributed by atoms with Crippen molar-refractivity contribution in [2.45, 2.75) is 20.8 Å². The van der Waals surface area contributed by atoms with E-state index in [1.165, 1.54) is 22.4 Å². The number of anilines is 1. The zero-order valence-electron chi connectivity index (χ0n) is 13.8. The maximum Gasteiger partial charge on any atom is 0.0401 e. The molecule has 2 aromatic carbocycles. The summed E-state index contributed by atoms with van der Waals surface area (Å²) in [6, 6.07) is 17.0. The Kier molecular flexibility index (Phi) is 6.02. The lowest BCUT2D eigenvalue weighted by Crippen LogP contribution is -2.22. The first-order valence-electron chi connectivity index (χ1n) is 8.00. The first kappa shape index (κ1) is 16.1. The van der Waals surface area contributed by atoms with Crippen molar-refractivity contribution in [3.05, 3.63) is 77.4 Å². The van der Waals surface area contributed by atoms with Crippen LogP contribution in [-0.4, -0.2) is 13.1 Å². The molecule has 0 fully saturated rings. The largest absolute Gasteiger partial charge is 0.372 e. The van der Waals surface area contributed by atoms with E-state index >= 15 is 0 Å². The number of hydrogen-bond acceptors (Lipinski definition) is 1. The Morgan fingerprint density at radius 3 is 2.09 bits per heavy atom. The number of hydrogen-bond donors (Lipinski definition) is 0. The van der Waals surface area contributed by atoms with Gasteiger partial charge in [-0.1, -0.05) is 66.8 Å². The number of rotatable bonds is 6. The van der Waals surface area contributed by atoms with E-state index in [1.807, 2.05) is 6.07 Å². The lowest BCUT2D eigenvalue weighted by atomic mass is 10.1. The lowest BCUT2D eigenvalue weighted by Gasteiger charge is -2.23. The minimum Gasteiger partial charge on any atom is -0.372 e. The molecule has 0 N–H and O–H groups in total. The highest BCUT2D eigenvalue weighted by Crippen LogP contribution is 2.22. The second-order valence-corrected chi connectivity index (χ2v) is 5.35. The highest BCUT2D eigenvalue weighted by Gasteiger charge is 2.05. The van der Waals surface area contributed by atoms with Gasteiger partial charge in [0.2, 0.25) is 0 Å². The van der Waals surface area contributed by atoms with Crippen molar-refractivity contribution in [3.63, 3.8) is 0 Å². The van der Waals surface area contributed by atoms with Crippen LogP contribution in [0.1, 0.15) is 30.5 Å². The van der Waals surface area contributed by atoms with Crippen LogP contribution in [0.4, 0.5) is 5.69 Å². The smallest absolute Gasteiger partial charge is 0.0401 e. The van der Waals surface area contributed by atoms with Crippen LogP contribution in [0.25, 0.3) is 12.2 Å². The van der Waals surface area contributed by atoms with Gasteiger partial charge in [-0.2, -0.15) is 0 Å². The molecular weight excluding hydrogens is 266 g/mol. The third-order valence-corrected chi connectivity index (χ3v) is 3.83. The fourth-order valence-corrected chi connectivity index (χ4v) is 2.53. The predicted octanol–water partition coefficient (Wildman–Crippen LogP) is 5.57. The molecule has 0 bridgehead atoms. The summed E-state index contributed by atoms with van der Waals surface area (Å²) in [7, 11) is 0. The third kappa shape index (κ3) is 4.36. The zero-order valence-corrected chi connectivity index (χ0v) is 13.8. The SMILES string of the molecule is CCN(CC)c1cc(/C=C/C=C/c2ccccc2)ccc1C. The van der Waals surface area contributed by atoms with E-state index in [2.05, 4.69) is 92.4 Å². The van der Waals surface area contributed by atoms with Gasteiger partial charge in [-0.05, 0) is 43.5 Å². The maximum atomic E-state index is 2.40. The fourth-order valence-electron chi connectivity index (χ4n) is 2.53. The number of nitrogens with zero attached hydrogens (tertiary/aromatic N) is 1. The quantitative estimate of drug-likeness (QED) is 0.629. The topological polar surface area (TPSA) is 3.24 Å². The third-order valence-electron chi connectivity index (χ3n) is 3.83. The van der Waals surface area contributed by atoms with Crippen LogP contribution in [-0.2, 0) is 0 Å². The van der Waals surface area contributed by atoms with Crippen molar-refractivity contribution in [1.29, 1.82) is 0 Å². The number of aryl methyl sites for hydroxylation is 1. The van der Waals surface area contributed by atoms with Crippen LogP contribution < -0.4 is 4.90 Å². The van der Waals surface area contributed by atoms with E-state index in [1.54, 1.807) is 0 Å². The zero-order chi connectivity index (χ0) is 15.8. The number of benzene rings is 2. The maximum absolute atomic E-state index is 2.40. The van der Waals surface area contributed by atoms with Crippen LogP contribution >= 0.6 is 0 Å². The Morgan fingerprint density at radius 1 is 0.818 bits per heavy atom. The molecule has 0 aliphatic heterocycles. The van der Waals surface area contributed by atoms with Gasteiger partial charge in [-0.3, -0.25) is 0 Å². The fraction of sp³-hybridized carbons (Fsp3) is 0.238. The second-order valence-electron chi connectivity index (χ2n) is 5.35. The van der Waals surface area contributed by atoms with Gasteiger partial charge in [0.05, 0.1) is 0 Å². The van der Waals surface area contributed by atoms with Crippen LogP contribution in [0.2, 0.25) is 0 Å². The minimum atomic E-state index is 1.04. The Balaban J connectivity index is 2.11. The van der Waals surface area contributed by atoms with Crippen LogP contribution in [0.3, 0.4) is 0 Å². The Bertz CT molecular complexity index is 634. The monoisotopic (exact) mass is 291 g/mol. The number of allylic oxidation sites excluding steroid dienone is 2. The summed E-state index contributed by atoms with van der Waals surface area (Å²) in [5, 5.41) is 0. The molecule has 0 amide bonds.